The van der Waals surface area contributed by atoms with Crippen molar-refractivity contribution >= 4 is 5.97 Å². The van der Waals surface area contributed by atoms with Gasteiger partial charge >= 0.3 is 5.97 Å². The Morgan fingerprint density at radius 3 is 2.50 bits per heavy atom. The van der Waals surface area contributed by atoms with Crippen LogP contribution in [0.4, 0.5) is 0 Å². The maximum atomic E-state index is 11.5. The Bertz CT molecular complexity index is 199. The first-order chi connectivity index (χ1) is 6.65. The summed E-state index contributed by atoms with van der Waals surface area (Å²) in [5.41, 5.74) is 6.32. The van der Waals surface area contributed by atoms with Crippen molar-refractivity contribution in [3.8, 4) is 0 Å². The molecule has 0 saturated carbocycles. The molecule has 0 amide bonds. The van der Waals surface area contributed by atoms with Gasteiger partial charge in [-0.2, -0.15) is 0 Å². The van der Waals surface area contributed by atoms with Crippen LogP contribution in [0.25, 0.3) is 0 Å². The van der Waals surface area contributed by atoms with Crippen LogP contribution in [-0.2, 0) is 9.53 Å². The highest BCUT2D eigenvalue weighted by Crippen LogP contribution is 2.07. The van der Waals surface area contributed by atoms with E-state index < -0.39 is 6.23 Å². The number of esters is 1. The van der Waals surface area contributed by atoms with Gasteiger partial charge in [-0.1, -0.05) is 33.3 Å². The van der Waals surface area contributed by atoms with E-state index in [4.69, 9.17) is 10.5 Å². The fraction of sp³-hybridized carbons (Fsp3) is 0.727. The van der Waals surface area contributed by atoms with Crippen molar-refractivity contribution in [1.29, 1.82) is 0 Å². The quantitative estimate of drug-likeness (QED) is 0.406. The van der Waals surface area contributed by atoms with Crippen LogP contribution in [0.2, 0.25) is 0 Å². The molecule has 0 heterocycles. The van der Waals surface area contributed by atoms with Crippen molar-refractivity contribution in [1.82, 2.24) is 0 Å². The van der Waals surface area contributed by atoms with Crippen molar-refractivity contribution < 1.29 is 9.53 Å². The van der Waals surface area contributed by atoms with Crippen molar-refractivity contribution in [2.24, 2.45) is 5.73 Å². The molecule has 14 heavy (non-hydrogen) atoms. The highest BCUT2D eigenvalue weighted by molar-refractivity contribution is 5.88. The average molecular weight is 199 g/mol. The van der Waals surface area contributed by atoms with Gasteiger partial charge in [-0.25, -0.2) is 4.79 Å². The molecule has 0 bridgehead atoms. The molecule has 0 saturated heterocycles. The van der Waals surface area contributed by atoms with E-state index in [1.165, 1.54) is 0 Å². The molecule has 0 spiro atoms. The van der Waals surface area contributed by atoms with E-state index >= 15 is 0 Å². The fourth-order valence-corrected chi connectivity index (χ4v) is 1.18. The molecular weight excluding hydrogens is 178 g/mol. The van der Waals surface area contributed by atoms with Gasteiger partial charge in [0.2, 0.25) is 0 Å². The SMILES string of the molecule is CC/C=C(\CC)C(=O)OC(N)CCC. The molecule has 0 aliphatic heterocycles. The molecule has 3 heteroatoms. The molecule has 0 rings (SSSR count). The molecule has 0 radical (unpaired) electrons. The minimum Gasteiger partial charge on any atom is -0.443 e. The zero-order chi connectivity index (χ0) is 11.0. The molecule has 0 aliphatic rings. The van der Waals surface area contributed by atoms with Crippen LogP contribution < -0.4 is 5.73 Å². The zero-order valence-corrected chi connectivity index (χ0v) is 9.38. The second-order valence-electron chi connectivity index (χ2n) is 3.22. The van der Waals surface area contributed by atoms with Gasteiger partial charge in [-0.15, -0.1) is 0 Å². The number of rotatable bonds is 6. The van der Waals surface area contributed by atoms with E-state index in [1.54, 1.807) is 0 Å². The van der Waals surface area contributed by atoms with Crippen LogP contribution in [0.3, 0.4) is 0 Å². The van der Waals surface area contributed by atoms with E-state index in [2.05, 4.69) is 0 Å². The minimum absolute atomic E-state index is 0.268. The number of hydrogen-bond acceptors (Lipinski definition) is 3. The van der Waals surface area contributed by atoms with Gasteiger partial charge < -0.3 is 4.74 Å². The van der Waals surface area contributed by atoms with Crippen molar-refractivity contribution in [2.75, 3.05) is 0 Å². The largest absolute Gasteiger partial charge is 0.443 e. The summed E-state index contributed by atoms with van der Waals surface area (Å²) < 4.78 is 5.07. The molecule has 0 aliphatic carbocycles. The van der Waals surface area contributed by atoms with Crippen LogP contribution >= 0.6 is 0 Å². The number of carbonyl (C=O) groups excluding carboxylic acids is 1. The lowest BCUT2D eigenvalue weighted by Gasteiger charge is -2.12. The Morgan fingerprint density at radius 2 is 2.07 bits per heavy atom. The number of nitrogens with two attached hydrogens (primary N) is 1. The monoisotopic (exact) mass is 199 g/mol. The summed E-state index contributed by atoms with van der Waals surface area (Å²) in [7, 11) is 0. The Balaban J connectivity index is 4.10. The van der Waals surface area contributed by atoms with Gasteiger partial charge in [-0.05, 0) is 19.3 Å². The van der Waals surface area contributed by atoms with Gasteiger partial charge in [0.25, 0.3) is 0 Å². The number of ether oxygens (including phenoxy) is 1. The van der Waals surface area contributed by atoms with E-state index in [1.807, 2.05) is 26.8 Å². The standard InChI is InChI=1S/C11H21NO2/c1-4-7-9(6-3)11(13)14-10(12)8-5-2/h7,10H,4-6,8,12H2,1-3H3/b9-7+. The topological polar surface area (TPSA) is 52.3 Å². The second-order valence-corrected chi connectivity index (χ2v) is 3.22. The number of hydrogen-bond donors (Lipinski definition) is 1. The summed E-state index contributed by atoms with van der Waals surface area (Å²) in [5, 5.41) is 0. The molecule has 0 aromatic carbocycles. The Hall–Kier alpha value is -0.830. The van der Waals surface area contributed by atoms with Crippen molar-refractivity contribution in [3.63, 3.8) is 0 Å². The first kappa shape index (κ1) is 13.2. The van der Waals surface area contributed by atoms with E-state index in [0.29, 0.717) is 6.42 Å². The van der Waals surface area contributed by atoms with Crippen molar-refractivity contribution in [3.05, 3.63) is 11.6 Å². The predicted octanol–water partition coefficient (Wildman–Crippen LogP) is 2.36. The molecule has 0 aromatic heterocycles. The van der Waals surface area contributed by atoms with Gasteiger partial charge in [-0.3, -0.25) is 5.73 Å². The third-order valence-corrected chi connectivity index (χ3v) is 1.93. The summed E-state index contributed by atoms with van der Waals surface area (Å²) in [6, 6.07) is 0. The van der Waals surface area contributed by atoms with Gasteiger partial charge in [0.15, 0.2) is 6.23 Å². The second kappa shape index (κ2) is 7.56. The van der Waals surface area contributed by atoms with E-state index in [9.17, 15) is 4.79 Å². The molecule has 1 atom stereocenters. The molecule has 2 N–H and O–H groups in total. The summed E-state index contributed by atoms with van der Waals surface area (Å²) in [6.07, 6.45) is 4.62. The molecule has 0 fully saturated rings. The third-order valence-electron chi connectivity index (χ3n) is 1.93. The Morgan fingerprint density at radius 1 is 1.43 bits per heavy atom. The molecular formula is C11H21NO2. The average Bonchev–Trinajstić information content (AvgIpc) is 2.14. The third kappa shape index (κ3) is 5.02. The first-order valence-corrected chi connectivity index (χ1v) is 5.31. The highest BCUT2D eigenvalue weighted by Gasteiger charge is 2.12. The smallest absolute Gasteiger partial charge is 0.335 e. The lowest BCUT2D eigenvalue weighted by atomic mass is 10.2. The normalized spacial score (nSPS) is 13.9. The van der Waals surface area contributed by atoms with Crippen LogP contribution in [0.5, 0.6) is 0 Å². The lowest BCUT2D eigenvalue weighted by molar-refractivity contribution is -0.144. The maximum absolute atomic E-state index is 11.5. The Labute approximate surface area is 86.3 Å². The summed E-state index contributed by atoms with van der Waals surface area (Å²) in [5.74, 6) is -0.268. The number of carbonyl (C=O) groups is 1. The van der Waals surface area contributed by atoms with Gasteiger partial charge in [0.1, 0.15) is 0 Å². The number of allylic oxidation sites excluding steroid dienone is 1. The maximum Gasteiger partial charge on any atom is 0.335 e. The van der Waals surface area contributed by atoms with Crippen LogP contribution in [-0.4, -0.2) is 12.2 Å². The first-order valence-electron chi connectivity index (χ1n) is 5.31. The zero-order valence-electron chi connectivity index (χ0n) is 9.38. The molecule has 1 unspecified atom stereocenters. The molecule has 0 aromatic rings. The minimum atomic E-state index is -0.459. The van der Waals surface area contributed by atoms with Gasteiger partial charge in [0.05, 0.1) is 0 Å². The molecule has 3 nitrogen and oxygen atoms in total. The van der Waals surface area contributed by atoms with Crippen molar-refractivity contribution in [2.45, 2.75) is 52.7 Å². The predicted molar refractivity (Wildman–Crippen MR) is 57.6 cm³/mol. The van der Waals surface area contributed by atoms with Crippen LogP contribution in [0.1, 0.15) is 46.5 Å². The van der Waals surface area contributed by atoms with Crippen LogP contribution in [0.15, 0.2) is 11.6 Å². The summed E-state index contributed by atoms with van der Waals surface area (Å²) >= 11 is 0. The van der Waals surface area contributed by atoms with E-state index in [-0.39, 0.29) is 5.97 Å². The van der Waals surface area contributed by atoms with E-state index in [0.717, 1.165) is 24.8 Å². The fourth-order valence-electron chi connectivity index (χ4n) is 1.18. The summed E-state index contributed by atoms with van der Waals surface area (Å²) in [6.45, 7) is 5.94. The Kier molecular flexibility index (Phi) is 7.11. The lowest BCUT2D eigenvalue weighted by Crippen LogP contribution is -2.27. The molecule has 82 valence electrons. The highest BCUT2D eigenvalue weighted by atomic mass is 16.6. The van der Waals surface area contributed by atoms with Crippen LogP contribution in [0, 0.1) is 0 Å². The van der Waals surface area contributed by atoms with Gasteiger partial charge in [0, 0.05) is 5.57 Å². The summed E-state index contributed by atoms with van der Waals surface area (Å²) in [4.78, 5) is 11.5.